The molecule has 0 saturated heterocycles. The van der Waals surface area contributed by atoms with Gasteiger partial charge in [0, 0.05) is 12.1 Å². The summed E-state index contributed by atoms with van der Waals surface area (Å²) in [6, 6.07) is 0. The Bertz CT molecular complexity index is 323. The second kappa shape index (κ2) is 4.96. The average molecular weight is 212 g/mol. The molecule has 76 valence electrons. The Labute approximate surface area is 89.2 Å². The van der Waals surface area contributed by atoms with Crippen LogP contribution in [0, 0.1) is 0 Å². The zero-order valence-electron chi connectivity index (χ0n) is 8.42. The van der Waals surface area contributed by atoms with Gasteiger partial charge < -0.3 is 5.32 Å². The Morgan fingerprint density at radius 3 is 2.86 bits per heavy atom. The Balaban J connectivity index is 3.01. The van der Waals surface area contributed by atoms with E-state index < -0.39 is 0 Å². The van der Waals surface area contributed by atoms with E-state index in [2.05, 4.69) is 35.7 Å². The first kappa shape index (κ1) is 11.0. The predicted molar refractivity (Wildman–Crippen MR) is 59.8 cm³/mol. The maximum Gasteiger partial charge on any atom is 0.138 e. The van der Waals surface area contributed by atoms with Crippen LogP contribution in [0.15, 0.2) is 19.0 Å². The van der Waals surface area contributed by atoms with Crippen LogP contribution in [-0.4, -0.2) is 16.5 Å². The van der Waals surface area contributed by atoms with Gasteiger partial charge in [-0.15, -0.1) is 6.58 Å². The van der Waals surface area contributed by atoms with Crippen LogP contribution in [0.2, 0.25) is 5.15 Å². The number of nitrogens with one attached hydrogen (secondary N) is 1. The van der Waals surface area contributed by atoms with Crippen molar-refractivity contribution in [2.75, 3.05) is 11.9 Å². The maximum absolute atomic E-state index is 5.99. The second-order valence-corrected chi connectivity index (χ2v) is 3.61. The standard InChI is InChI=1S/C10H14ClN3/c1-4-5-12-10-8(7(2)3)9(11)13-6-14-10/h4,6-7H,1,5H2,2-3H3,(H,12,13,14). The fraction of sp³-hybridized carbons (Fsp3) is 0.400. The lowest BCUT2D eigenvalue weighted by Gasteiger charge is -2.12. The molecule has 0 amide bonds. The van der Waals surface area contributed by atoms with Gasteiger partial charge in [0.1, 0.15) is 17.3 Å². The molecule has 1 heterocycles. The summed E-state index contributed by atoms with van der Waals surface area (Å²) in [5, 5.41) is 3.65. The molecule has 0 saturated carbocycles. The van der Waals surface area contributed by atoms with Crippen LogP contribution in [0.4, 0.5) is 5.82 Å². The van der Waals surface area contributed by atoms with Crippen LogP contribution in [0.1, 0.15) is 25.3 Å². The smallest absolute Gasteiger partial charge is 0.138 e. The van der Waals surface area contributed by atoms with Crippen LogP contribution in [0.3, 0.4) is 0 Å². The minimum absolute atomic E-state index is 0.302. The second-order valence-electron chi connectivity index (χ2n) is 3.25. The van der Waals surface area contributed by atoms with Gasteiger partial charge in [0.05, 0.1) is 0 Å². The molecule has 0 aliphatic carbocycles. The summed E-state index contributed by atoms with van der Waals surface area (Å²) in [6.07, 6.45) is 3.24. The summed E-state index contributed by atoms with van der Waals surface area (Å²) >= 11 is 5.99. The highest BCUT2D eigenvalue weighted by atomic mass is 35.5. The molecule has 1 N–H and O–H groups in total. The van der Waals surface area contributed by atoms with Crippen molar-refractivity contribution in [3.05, 3.63) is 29.7 Å². The topological polar surface area (TPSA) is 37.8 Å². The zero-order chi connectivity index (χ0) is 10.6. The number of halogens is 1. The van der Waals surface area contributed by atoms with Crippen molar-refractivity contribution in [3.63, 3.8) is 0 Å². The molecular weight excluding hydrogens is 198 g/mol. The normalized spacial score (nSPS) is 10.3. The fourth-order valence-electron chi connectivity index (χ4n) is 1.20. The molecule has 0 aliphatic rings. The first-order valence-electron chi connectivity index (χ1n) is 4.52. The van der Waals surface area contributed by atoms with Crippen molar-refractivity contribution in [2.24, 2.45) is 0 Å². The van der Waals surface area contributed by atoms with Gasteiger partial charge in [-0.2, -0.15) is 0 Å². The van der Waals surface area contributed by atoms with E-state index in [0.29, 0.717) is 17.6 Å². The molecule has 0 radical (unpaired) electrons. The van der Waals surface area contributed by atoms with Crippen LogP contribution in [-0.2, 0) is 0 Å². The summed E-state index contributed by atoms with van der Waals surface area (Å²) in [7, 11) is 0. The largest absolute Gasteiger partial charge is 0.366 e. The Morgan fingerprint density at radius 1 is 1.57 bits per heavy atom. The highest BCUT2D eigenvalue weighted by Gasteiger charge is 2.12. The van der Waals surface area contributed by atoms with Crippen LogP contribution >= 0.6 is 11.6 Å². The van der Waals surface area contributed by atoms with Crippen molar-refractivity contribution >= 4 is 17.4 Å². The number of nitrogens with zero attached hydrogens (tertiary/aromatic N) is 2. The molecule has 14 heavy (non-hydrogen) atoms. The van der Waals surface area contributed by atoms with Gasteiger partial charge >= 0.3 is 0 Å². The summed E-state index contributed by atoms with van der Waals surface area (Å²) in [6.45, 7) is 8.43. The molecule has 0 atom stereocenters. The number of hydrogen-bond donors (Lipinski definition) is 1. The highest BCUT2D eigenvalue weighted by Crippen LogP contribution is 2.27. The molecule has 1 aromatic rings. The molecular formula is C10H14ClN3. The molecule has 0 fully saturated rings. The first-order valence-corrected chi connectivity index (χ1v) is 4.89. The van der Waals surface area contributed by atoms with Crippen molar-refractivity contribution < 1.29 is 0 Å². The lowest BCUT2D eigenvalue weighted by atomic mass is 10.1. The van der Waals surface area contributed by atoms with Gasteiger partial charge in [-0.25, -0.2) is 9.97 Å². The summed E-state index contributed by atoms with van der Waals surface area (Å²) in [4.78, 5) is 8.10. The number of aromatic nitrogens is 2. The highest BCUT2D eigenvalue weighted by molar-refractivity contribution is 6.30. The lowest BCUT2D eigenvalue weighted by Crippen LogP contribution is -2.06. The van der Waals surface area contributed by atoms with Crippen LogP contribution in [0.5, 0.6) is 0 Å². The van der Waals surface area contributed by atoms with E-state index in [0.717, 1.165) is 11.4 Å². The minimum Gasteiger partial charge on any atom is -0.366 e. The van der Waals surface area contributed by atoms with E-state index in [-0.39, 0.29) is 0 Å². The minimum atomic E-state index is 0.302. The summed E-state index contributed by atoms with van der Waals surface area (Å²) in [5.41, 5.74) is 0.955. The third-order valence-corrected chi connectivity index (χ3v) is 2.13. The van der Waals surface area contributed by atoms with Crippen LogP contribution in [0.25, 0.3) is 0 Å². The van der Waals surface area contributed by atoms with E-state index in [1.807, 2.05) is 0 Å². The lowest BCUT2D eigenvalue weighted by molar-refractivity contribution is 0.847. The van der Waals surface area contributed by atoms with Crippen molar-refractivity contribution in [3.8, 4) is 0 Å². The maximum atomic E-state index is 5.99. The quantitative estimate of drug-likeness (QED) is 0.615. The molecule has 0 aliphatic heterocycles. The summed E-state index contributed by atoms with van der Waals surface area (Å²) in [5.74, 6) is 1.09. The van der Waals surface area contributed by atoms with Gasteiger partial charge in [0.25, 0.3) is 0 Å². The van der Waals surface area contributed by atoms with Gasteiger partial charge in [-0.3, -0.25) is 0 Å². The third-order valence-electron chi connectivity index (χ3n) is 1.83. The van der Waals surface area contributed by atoms with Crippen molar-refractivity contribution in [2.45, 2.75) is 19.8 Å². The van der Waals surface area contributed by atoms with E-state index in [1.165, 1.54) is 6.33 Å². The Hall–Kier alpha value is -1.09. The number of hydrogen-bond acceptors (Lipinski definition) is 3. The van der Waals surface area contributed by atoms with Crippen molar-refractivity contribution in [1.29, 1.82) is 0 Å². The van der Waals surface area contributed by atoms with E-state index in [4.69, 9.17) is 11.6 Å². The molecule has 0 bridgehead atoms. The molecule has 3 nitrogen and oxygen atoms in total. The fourth-order valence-corrected chi connectivity index (χ4v) is 1.55. The van der Waals surface area contributed by atoms with E-state index >= 15 is 0 Å². The van der Waals surface area contributed by atoms with Gasteiger partial charge in [0.2, 0.25) is 0 Å². The molecule has 0 aromatic carbocycles. The predicted octanol–water partition coefficient (Wildman–Crippen LogP) is 2.85. The first-order chi connectivity index (χ1) is 6.66. The number of rotatable bonds is 4. The van der Waals surface area contributed by atoms with Gasteiger partial charge in [-0.05, 0) is 5.92 Å². The molecule has 1 aromatic heterocycles. The van der Waals surface area contributed by atoms with E-state index in [1.54, 1.807) is 6.08 Å². The number of anilines is 1. The zero-order valence-corrected chi connectivity index (χ0v) is 9.17. The SMILES string of the molecule is C=CCNc1ncnc(Cl)c1C(C)C. The third kappa shape index (κ3) is 2.45. The van der Waals surface area contributed by atoms with Gasteiger partial charge in [0.15, 0.2) is 0 Å². The Morgan fingerprint density at radius 2 is 2.29 bits per heavy atom. The molecule has 4 heteroatoms. The van der Waals surface area contributed by atoms with Crippen molar-refractivity contribution in [1.82, 2.24) is 9.97 Å². The summed E-state index contributed by atoms with van der Waals surface area (Å²) < 4.78 is 0. The van der Waals surface area contributed by atoms with E-state index in [9.17, 15) is 0 Å². The average Bonchev–Trinajstić information content (AvgIpc) is 2.14. The van der Waals surface area contributed by atoms with Crippen LogP contribution < -0.4 is 5.32 Å². The molecule has 0 unspecified atom stereocenters. The van der Waals surface area contributed by atoms with Gasteiger partial charge in [-0.1, -0.05) is 31.5 Å². The Kier molecular flexibility index (Phi) is 3.89. The molecule has 1 rings (SSSR count). The monoisotopic (exact) mass is 211 g/mol. The molecule has 0 spiro atoms.